The first-order valence-corrected chi connectivity index (χ1v) is 4.13. The van der Waals surface area contributed by atoms with Gasteiger partial charge >= 0.3 is 0 Å². The van der Waals surface area contributed by atoms with E-state index < -0.39 is 0 Å². The zero-order chi connectivity index (χ0) is 10.1. The SMILES string of the molecule is C#Cc1ccc2c(O)c(O)ccc2c1. The van der Waals surface area contributed by atoms with Crippen LogP contribution in [0, 0.1) is 12.3 Å². The van der Waals surface area contributed by atoms with Crippen LogP contribution in [-0.4, -0.2) is 10.2 Å². The zero-order valence-corrected chi connectivity index (χ0v) is 7.36. The van der Waals surface area contributed by atoms with E-state index in [1.165, 1.54) is 6.07 Å². The quantitative estimate of drug-likeness (QED) is 0.487. The van der Waals surface area contributed by atoms with E-state index in [4.69, 9.17) is 6.42 Å². The van der Waals surface area contributed by atoms with Crippen molar-refractivity contribution in [1.29, 1.82) is 0 Å². The molecule has 2 N–H and O–H groups in total. The number of terminal acetylenes is 1. The van der Waals surface area contributed by atoms with Crippen LogP contribution in [0.15, 0.2) is 30.3 Å². The van der Waals surface area contributed by atoms with Gasteiger partial charge in [-0.25, -0.2) is 0 Å². The molecule has 0 radical (unpaired) electrons. The predicted octanol–water partition coefficient (Wildman–Crippen LogP) is 2.23. The zero-order valence-electron chi connectivity index (χ0n) is 7.36. The number of benzene rings is 2. The molecule has 0 aliphatic rings. The lowest BCUT2D eigenvalue weighted by Gasteiger charge is -2.03. The maximum absolute atomic E-state index is 9.52. The topological polar surface area (TPSA) is 40.5 Å². The summed E-state index contributed by atoms with van der Waals surface area (Å²) in [6.45, 7) is 0. The van der Waals surface area contributed by atoms with Gasteiger partial charge in [0.25, 0.3) is 0 Å². The summed E-state index contributed by atoms with van der Waals surface area (Å²) in [5.41, 5.74) is 0.752. The number of hydrogen-bond acceptors (Lipinski definition) is 2. The molecule has 0 aromatic heterocycles. The van der Waals surface area contributed by atoms with Crippen LogP contribution in [0.25, 0.3) is 10.8 Å². The molecule has 0 spiro atoms. The monoisotopic (exact) mass is 184 g/mol. The van der Waals surface area contributed by atoms with Gasteiger partial charge in [0.1, 0.15) is 0 Å². The first-order chi connectivity index (χ1) is 6.72. The molecule has 0 amide bonds. The molecular weight excluding hydrogens is 176 g/mol. The Hall–Kier alpha value is -2.14. The van der Waals surface area contributed by atoms with Gasteiger partial charge in [0.05, 0.1) is 0 Å². The highest BCUT2D eigenvalue weighted by molar-refractivity contribution is 5.91. The van der Waals surface area contributed by atoms with Gasteiger partial charge in [-0.15, -0.1) is 6.42 Å². The maximum Gasteiger partial charge on any atom is 0.165 e. The van der Waals surface area contributed by atoms with E-state index in [0.717, 1.165) is 10.9 Å². The van der Waals surface area contributed by atoms with Gasteiger partial charge in [-0.05, 0) is 29.7 Å². The van der Waals surface area contributed by atoms with Crippen LogP contribution >= 0.6 is 0 Å². The summed E-state index contributed by atoms with van der Waals surface area (Å²) >= 11 is 0. The second-order valence-electron chi connectivity index (χ2n) is 3.01. The van der Waals surface area contributed by atoms with Gasteiger partial charge in [-0.2, -0.15) is 0 Å². The lowest BCUT2D eigenvalue weighted by molar-refractivity contribution is 0.408. The van der Waals surface area contributed by atoms with Gasteiger partial charge in [-0.1, -0.05) is 12.0 Å². The van der Waals surface area contributed by atoms with E-state index >= 15 is 0 Å². The lowest BCUT2D eigenvalue weighted by atomic mass is 10.1. The summed E-state index contributed by atoms with van der Waals surface area (Å²) < 4.78 is 0. The molecule has 0 saturated carbocycles. The van der Waals surface area contributed by atoms with Gasteiger partial charge in [-0.3, -0.25) is 0 Å². The molecule has 2 rings (SSSR count). The van der Waals surface area contributed by atoms with Crippen molar-refractivity contribution >= 4 is 10.8 Å². The molecule has 14 heavy (non-hydrogen) atoms. The number of hydrogen-bond donors (Lipinski definition) is 2. The molecule has 68 valence electrons. The van der Waals surface area contributed by atoms with Crippen molar-refractivity contribution in [3.8, 4) is 23.8 Å². The van der Waals surface area contributed by atoms with E-state index in [0.29, 0.717) is 5.39 Å². The Bertz CT molecular complexity index is 536. The van der Waals surface area contributed by atoms with Crippen LogP contribution < -0.4 is 0 Å². The highest BCUT2D eigenvalue weighted by atomic mass is 16.3. The minimum atomic E-state index is -0.119. The number of phenolic OH excluding ortho intramolecular Hbond substituents is 2. The predicted molar refractivity (Wildman–Crippen MR) is 55.2 cm³/mol. The first-order valence-electron chi connectivity index (χ1n) is 4.13. The molecule has 0 fully saturated rings. The van der Waals surface area contributed by atoms with Crippen molar-refractivity contribution in [2.75, 3.05) is 0 Å². The smallest absolute Gasteiger partial charge is 0.165 e. The Morgan fingerprint density at radius 1 is 1.07 bits per heavy atom. The first kappa shape index (κ1) is 8.46. The minimum Gasteiger partial charge on any atom is -0.504 e. The van der Waals surface area contributed by atoms with Crippen LogP contribution in [0.3, 0.4) is 0 Å². The van der Waals surface area contributed by atoms with Gasteiger partial charge in [0.2, 0.25) is 0 Å². The summed E-state index contributed by atoms with van der Waals surface area (Å²) in [6.07, 6.45) is 5.25. The molecule has 2 aromatic carbocycles. The van der Waals surface area contributed by atoms with Gasteiger partial charge in [0.15, 0.2) is 11.5 Å². The molecular formula is C12H8O2. The summed E-state index contributed by atoms with van der Waals surface area (Å²) in [5, 5.41) is 20.2. The summed E-state index contributed by atoms with van der Waals surface area (Å²) in [5.74, 6) is 2.28. The van der Waals surface area contributed by atoms with Gasteiger partial charge < -0.3 is 10.2 Å². The van der Waals surface area contributed by atoms with Crippen LogP contribution in [0.2, 0.25) is 0 Å². The third kappa shape index (κ3) is 1.16. The van der Waals surface area contributed by atoms with Crippen molar-refractivity contribution < 1.29 is 10.2 Å². The lowest BCUT2D eigenvalue weighted by Crippen LogP contribution is -1.78. The number of rotatable bonds is 0. The fourth-order valence-electron chi connectivity index (χ4n) is 1.39. The molecule has 0 aliphatic heterocycles. The second kappa shape index (κ2) is 2.97. The fraction of sp³-hybridized carbons (Fsp3) is 0. The standard InChI is InChI=1S/C12H8O2/c1-2-8-3-5-10-9(7-8)4-6-11(13)12(10)14/h1,3-7,13-14H. The van der Waals surface area contributed by atoms with E-state index in [-0.39, 0.29) is 11.5 Å². The number of phenols is 2. The van der Waals surface area contributed by atoms with E-state index in [2.05, 4.69) is 5.92 Å². The van der Waals surface area contributed by atoms with Crippen molar-refractivity contribution in [3.63, 3.8) is 0 Å². The maximum atomic E-state index is 9.52. The van der Waals surface area contributed by atoms with Crippen LogP contribution in [0.4, 0.5) is 0 Å². The average Bonchev–Trinajstić information content (AvgIpc) is 2.23. The highest BCUT2D eigenvalue weighted by Crippen LogP contribution is 2.33. The summed E-state index contributed by atoms with van der Waals surface area (Å²) in [6, 6.07) is 8.36. The molecule has 0 unspecified atom stereocenters. The Labute approximate surface area is 81.4 Å². The van der Waals surface area contributed by atoms with Crippen molar-refractivity contribution in [3.05, 3.63) is 35.9 Å². The Kier molecular flexibility index (Phi) is 1.79. The Morgan fingerprint density at radius 2 is 1.86 bits per heavy atom. The second-order valence-corrected chi connectivity index (χ2v) is 3.01. The van der Waals surface area contributed by atoms with Crippen LogP contribution in [-0.2, 0) is 0 Å². The number of fused-ring (bicyclic) bond motifs is 1. The minimum absolute atomic E-state index is 0.105. The van der Waals surface area contributed by atoms with Crippen LogP contribution in [0.1, 0.15) is 5.56 Å². The van der Waals surface area contributed by atoms with E-state index in [1.54, 1.807) is 24.3 Å². The van der Waals surface area contributed by atoms with Gasteiger partial charge in [0, 0.05) is 10.9 Å². The average molecular weight is 184 g/mol. The molecule has 0 atom stereocenters. The third-order valence-corrected chi connectivity index (χ3v) is 2.14. The van der Waals surface area contributed by atoms with Crippen LogP contribution in [0.5, 0.6) is 11.5 Å². The molecule has 2 heteroatoms. The molecule has 0 bridgehead atoms. The molecule has 0 saturated heterocycles. The molecule has 0 aliphatic carbocycles. The summed E-state index contributed by atoms with van der Waals surface area (Å²) in [7, 11) is 0. The molecule has 0 heterocycles. The largest absolute Gasteiger partial charge is 0.504 e. The normalized spacial score (nSPS) is 9.93. The van der Waals surface area contributed by atoms with E-state index in [1.807, 2.05) is 0 Å². The molecule has 2 aromatic rings. The Morgan fingerprint density at radius 3 is 2.57 bits per heavy atom. The summed E-state index contributed by atoms with van der Waals surface area (Å²) in [4.78, 5) is 0. The Balaban J connectivity index is 2.83. The number of aromatic hydroxyl groups is 2. The molecule has 2 nitrogen and oxygen atoms in total. The highest BCUT2D eigenvalue weighted by Gasteiger charge is 2.04. The van der Waals surface area contributed by atoms with E-state index in [9.17, 15) is 10.2 Å². The fourth-order valence-corrected chi connectivity index (χ4v) is 1.39. The van der Waals surface area contributed by atoms with Crippen molar-refractivity contribution in [1.82, 2.24) is 0 Å². The van der Waals surface area contributed by atoms with Crippen molar-refractivity contribution in [2.45, 2.75) is 0 Å². The third-order valence-electron chi connectivity index (χ3n) is 2.14. The van der Waals surface area contributed by atoms with Crippen molar-refractivity contribution in [2.24, 2.45) is 0 Å².